The number of anilines is 1. The molecule has 0 atom stereocenters. The van der Waals surface area contributed by atoms with E-state index in [0.29, 0.717) is 24.3 Å². The molecular weight excluding hydrogens is 324 g/mol. The van der Waals surface area contributed by atoms with Gasteiger partial charge in [-0.2, -0.15) is 0 Å². The summed E-state index contributed by atoms with van der Waals surface area (Å²) < 4.78 is 0. The van der Waals surface area contributed by atoms with Gasteiger partial charge in [-0.05, 0) is 34.2 Å². The van der Waals surface area contributed by atoms with Gasteiger partial charge in [-0.3, -0.25) is 4.79 Å². The predicted molar refractivity (Wildman–Crippen MR) is 103 cm³/mol. The first-order chi connectivity index (χ1) is 12.3. The summed E-state index contributed by atoms with van der Waals surface area (Å²) in [6.45, 7) is 7.62. The second-order valence-electron chi connectivity index (χ2n) is 7.84. The summed E-state index contributed by atoms with van der Waals surface area (Å²) in [4.78, 5) is 23.6. The van der Waals surface area contributed by atoms with Gasteiger partial charge in [0.1, 0.15) is 5.69 Å². The molecule has 3 aromatic rings. The maximum Gasteiger partial charge on any atom is 0.273 e. The number of nitrogen functional groups attached to an aromatic ring is 1. The largest absolute Gasteiger partial charge is 0.368 e. The summed E-state index contributed by atoms with van der Waals surface area (Å²) in [5.74, 6) is 0.0208. The van der Waals surface area contributed by atoms with Gasteiger partial charge in [0, 0.05) is 18.5 Å². The van der Waals surface area contributed by atoms with Crippen LogP contribution in [0.4, 0.5) is 5.95 Å². The number of nitrogens with two attached hydrogens (primary N) is 1. The van der Waals surface area contributed by atoms with Crippen LogP contribution < -0.4 is 5.73 Å². The number of rotatable bonds is 1. The molecule has 1 aliphatic heterocycles. The van der Waals surface area contributed by atoms with E-state index < -0.39 is 0 Å². The minimum atomic E-state index is -0.105. The fourth-order valence-electron chi connectivity index (χ4n) is 3.40. The van der Waals surface area contributed by atoms with Gasteiger partial charge in [-0.15, -0.1) is 0 Å². The molecule has 2 N–H and O–H groups in total. The Hall–Kier alpha value is -2.95. The van der Waals surface area contributed by atoms with E-state index in [-0.39, 0.29) is 17.3 Å². The third-order valence-corrected chi connectivity index (χ3v) is 4.91. The molecule has 0 spiro atoms. The van der Waals surface area contributed by atoms with Crippen molar-refractivity contribution in [2.24, 2.45) is 0 Å². The van der Waals surface area contributed by atoms with Crippen molar-refractivity contribution in [3.05, 3.63) is 64.8 Å². The van der Waals surface area contributed by atoms with E-state index in [9.17, 15) is 4.79 Å². The van der Waals surface area contributed by atoms with Gasteiger partial charge in [-0.1, -0.05) is 51.1 Å². The van der Waals surface area contributed by atoms with E-state index in [1.54, 1.807) is 0 Å². The molecular formula is C21H22N4O. The Morgan fingerprint density at radius 1 is 1.04 bits per heavy atom. The maximum atomic E-state index is 13.2. The monoisotopic (exact) mass is 346 g/mol. The van der Waals surface area contributed by atoms with Gasteiger partial charge in [0.2, 0.25) is 5.95 Å². The van der Waals surface area contributed by atoms with Gasteiger partial charge in [0.05, 0.1) is 5.52 Å². The predicted octanol–water partition coefficient (Wildman–Crippen LogP) is 3.67. The molecule has 2 aromatic carbocycles. The van der Waals surface area contributed by atoms with E-state index in [0.717, 1.165) is 10.9 Å². The molecule has 0 unspecified atom stereocenters. The van der Waals surface area contributed by atoms with Crippen LogP contribution in [0.2, 0.25) is 0 Å². The van der Waals surface area contributed by atoms with E-state index >= 15 is 0 Å². The average molecular weight is 346 g/mol. The molecule has 2 heterocycles. The number of hydrogen-bond donors (Lipinski definition) is 1. The Bertz CT molecular complexity index is 995. The van der Waals surface area contributed by atoms with Gasteiger partial charge in [-0.25, -0.2) is 9.97 Å². The number of nitrogens with zero attached hydrogens (tertiary/aromatic N) is 3. The summed E-state index contributed by atoms with van der Waals surface area (Å²) >= 11 is 0. The first-order valence-electron chi connectivity index (χ1n) is 8.77. The first kappa shape index (κ1) is 16.5. The number of fused-ring (bicyclic) bond motifs is 2. The number of amides is 1. The fourth-order valence-corrected chi connectivity index (χ4v) is 3.40. The first-order valence-corrected chi connectivity index (χ1v) is 8.77. The van der Waals surface area contributed by atoms with Crippen LogP contribution in [0.15, 0.2) is 42.5 Å². The van der Waals surface area contributed by atoms with Crippen molar-refractivity contribution in [2.45, 2.75) is 39.3 Å². The van der Waals surface area contributed by atoms with Crippen LogP contribution in [0.3, 0.4) is 0 Å². The third-order valence-electron chi connectivity index (χ3n) is 4.91. The van der Waals surface area contributed by atoms with Gasteiger partial charge < -0.3 is 10.6 Å². The van der Waals surface area contributed by atoms with Crippen molar-refractivity contribution in [3.63, 3.8) is 0 Å². The van der Waals surface area contributed by atoms with Crippen LogP contribution in [0.5, 0.6) is 0 Å². The van der Waals surface area contributed by atoms with Crippen molar-refractivity contribution < 1.29 is 4.79 Å². The zero-order valence-corrected chi connectivity index (χ0v) is 15.3. The molecule has 5 nitrogen and oxygen atoms in total. The molecule has 132 valence electrons. The zero-order valence-electron chi connectivity index (χ0n) is 15.3. The van der Waals surface area contributed by atoms with Crippen molar-refractivity contribution in [3.8, 4) is 0 Å². The second-order valence-corrected chi connectivity index (χ2v) is 7.84. The smallest absolute Gasteiger partial charge is 0.273 e. The molecule has 1 aromatic heterocycles. The second kappa shape index (κ2) is 5.80. The highest BCUT2D eigenvalue weighted by atomic mass is 16.2. The van der Waals surface area contributed by atoms with E-state index in [4.69, 9.17) is 5.73 Å². The van der Waals surface area contributed by atoms with Gasteiger partial charge in [0.15, 0.2) is 0 Å². The van der Waals surface area contributed by atoms with E-state index in [2.05, 4.69) is 42.9 Å². The Morgan fingerprint density at radius 3 is 2.31 bits per heavy atom. The average Bonchev–Trinajstić information content (AvgIpc) is 3.03. The number of aromatic nitrogens is 2. The minimum Gasteiger partial charge on any atom is -0.368 e. The lowest BCUT2D eigenvalue weighted by molar-refractivity contribution is 0.0747. The Balaban J connectivity index is 1.79. The molecule has 0 bridgehead atoms. The van der Waals surface area contributed by atoms with Crippen LogP contribution in [0, 0.1) is 0 Å². The van der Waals surface area contributed by atoms with Gasteiger partial charge in [0.25, 0.3) is 5.91 Å². The zero-order chi connectivity index (χ0) is 18.5. The lowest BCUT2D eigenvalue weighted by atomic mass is 9.86. The molecule has 0 saturated carbocycles. The highest BCUT2D eigenvalue weighted by Crippen LogP contribution is 2.29. The third kappa shape index (κ3) is 2.79. The molecule has 26 heavy (non-hydrogen) atoms. The summed E-state index contributed by atoms with van der Waals surface area (Å²) in [7, 11) is 0. The standard InChI is InChI=1S/C21H22N4O/c1-21(2,3)15-8-9-17-16(10-15)18(24-20(22)23-17)19(26)25-11-13-6-4-5-7-14(13)12-25/h4-10H,11-12H2,1-3H3,(H2,22,23,24). The molecule has 1 aliphatic rings. The van der Waals surface area contributed by atoms with Gasteiger partial charge >= 0.3 is 0 Å². The van der Waals surface area contributed by atoms with E-state index in [1.165, 1.54) is 11.1 Å². The van der Waals surface area contributed by atoms with Crippen molar-refractivity contribution >= 4 is 22.8 Å². The summed E-state index contributed by atoms with van der Waals surface area (Å²) in [5, 5.41) is 0.757. The topological polar surface area (TPSA) is 72.1 Å². The molecule has 0 saturated heterocycles. The Kier molecular flexibility index (Phi) is 3.68. The number of carbonyl (C=O) groups is 1. The number of hydrogen-bond acceptors (Lipinski definition) is 4. The van der Waals surface area contributed by atoms with Crippen molar-refractivity contribution in [2.75, 3.05) is 5.73 Å². The van der Waals surface area contributed by atoms with Crippen LogP contribution in [0.25, 0.3) is 10.9 Å². The van der Waals surface area contributed by atoms with Crippen molar-refractivity contribution in [1.82, 2.24) is 14.9 Å². The lowest BCUT2D eigenvalue weighted by Gasteiger charge is -2.21. The van der Waals surface area contributed by atoms with Crippen LogP contribution in [-0.4, -0.2) is 20.8 Å². The molecule has 1 amide bonds. The van der Waals surface area contributed by atoms with Crippen LogP contribution in [-0.2, 0) is 18.5 Å². The maximum absolute atomic E-state index is 13.2. The molecule has 4 rings (SSSR count). The van der Waals surface area contributed by atoms with E-state index in [1.807, 2.05) is 35.2 Å². The molecule has 0 fully saturated rings. The minimum absolute atomic E-state index is 0.0280. The Morgan fingerprint density at radius 2 is 1.69 bits per heavy atom. The summed E-state index contributed by atoms with van der Waals surface area (Å²) in [6.07, 6.45) is 0. The normalized spacial score (nSPS) is 13.9. The quantitative estimate of drug-likeness (QED) is 0.730. The highest BCUT2D eigenvalue weighted by Gasteiger charge is 2.27. The number of carbonyl (C=O) groups excluding carboxylic acids is 1. The summed E-state index contributed by atoms with van der Waals surface area (Å²) in [5.41, 5.74) is 10.4. The van der Waals surface area contributed by atoms with Crippen LogP contribution >= 0.6 is 0 Å². The Labute approximate surface area is 152 Å². The highest BCUT2D eigenvalue weighted by molar-refractivity contribution is 6.05. The molecule has 0 aliphatic carbocycles. The summed E-state index contributed by atoms with van der Waals surface area (Å²) in [6, 6.07) is 14.1. The van der Waals surface area contributed by atoms with Crippen molar-refractivity contribution in [1.29, 1.82) is 0 Å². The molecule has 0 radical (unpaired) electrons. The van der Waals surface area contributed by atoms with Crippen LogP contribution in [0.1, 0.15) is 48.0 Å². The fraction of sp³-hybridized carbons (Fsp3) is 0.286. The lowest BCUT2D eigenvalue weighted by Crippen LogP contribution is -2.27. The molecule has 5 heteroatoms. The number of benzene rings is 2. The SMILES string of the molecule is CC(C)(C)c1ccc2nc(N)nc(C(=O)N3Cc4ccccc4C3)c2c1.